The molecule has 0 saturated heterocycles. The molecule has 156 valence electrons. The number of para-hydroxylation sites is 2. The highest BCUT2D eigenvalue weighted by atomic mass is 16.5. The Bertz CT molecular complexity index is 1400. The zero-order chi connectivity index (χ0) is 22.1. The highest BCUT2D eigenvalue weighted by molar-refractivity contribution is 5.93. The lowest BCUT2D eigenvalue weighted by molar-refractivity contribution is 0.0706. The lowest BCUT2D eigenvalue weighted by Crippen LogP contribution is -2.39. The van der Waals surface area contributed by atoms with Gasteiger partial charge in [0.1, 0.15) is 0 Å². The van der Waals surface area contributed by atoms with Gasteiger partial charge in [0.05, 0.1) is 23.1 Å². The van der Waals surface area contributed by atoms with Crippen LogP contribution in [0.4, 0.5) is 0 Å². The third-order valence-electron chi connectivity index (χ3n) is 5.37. The minimum absolute atomic E-state index is 0.214. The van der Waals surface area contributed by atoms with Gasteiger partial charge in [-0.1, -0.05) is 42.5 Å². The van der Waals surface area contributed by atoms with Crippen molar-refractivity contribution in [1.29, 1.82) is 0 Å². The molecule has 1 aromatic heterocycles. The summed E-state index contributed by atoms with van der Waals surface area (Å²) in [6, 6.07) is 19.2. The van der Waals surface area contributed by atoms with E-state index in [0.717, 1.165) is 16.7 Å². The molecule has 1 amide bonds. The first-order valence-electron chi connectivity index (χ1n) is 9.77. The zero-order valence-electron chi connectivity index (χ0n) is 17.1. The van der Waals surface area contributed by atoms with Crippen LogP contribution in [0.25, 0.3) is 16.6 Å². The molecule has 0 unspecified atom stereocenters. The molecule has 1 heterocycles. The van der Waals surface area contributed by atoms with Crippen LogP contribution < -0.4 is 16.7 Å². The van der Waals surface area contributed by atoms with Crippen LogP contribution in [0.2, 0.25) is 0 Å². The summed E-state index contributed by atoms with van der Waals surface area (Å²) < 4.78 is 2.80. The number of rotatable bonds is 4. The van der Waals surface area contributed by atoms with Gasteiger partial charge in [0.25, 0.3) is 11.5 Å². The predicted molar refractivity (Wildman–Crippen MR) is 118 cm³/mol. The van der Waals surface area contributed by atoms with Gasteiger partial charge in [-0.25, -0.2) is 14.8 Å². The SMILES string of the molecule is Cc1cccc(C)c1-n1c(=O)c2ccccc2n(Cc2ccc(C(=O)NO)cc2)c1=O. The van der Waals surface area contributed by atoms with Gasteiger partial charge in [0.2, 0.25) is 0 Å². The highest BCUT2D eigenvalue weighted by Crippen LogP contribution is 2.18. The van der Waals surface area contributed by atoms with Crippen LogP contribution in [0.15, 0.2) is 76.3 Å². The topological polar surface area (TPSA) is 93.3 Å². The van der Waals surface area contributed by atoms with E-state index in [2.05, 4.69) is 0 Å². The maximum absolute atomic E-state index is 13.6. The highest BCUT2D eigenvalue weighted by Gasteiger charge is 2.17. The van der Waals surface area contributed by atoms with Crippen molar-refractivity contribution in [2.75, 3.05) is 0 Å². The van der Waals surface area contributed by atoms with Gasteiger partial charge in [-0.3, -0.25) is 19.4 Å². The Labute approximate surface area is 177 Å². The number of nitrogens with zero attached hydrogens (tertiary/aromatic N) is 2. The third kappa shape index (κ3) is 3.55. The van der Waals surface area contributed by atoms with Crippen molar-refractivity contribution >= 4 is 16.8 Å². The third-order valence-corrected chi connectivity index (χ3v) is 5.37. The standard InChI is InChI=1S/C24H21N3O4/c1-15-6-5-7-16(2)21(15)27-23(29)19-8-3-4-9-20(19)26(24(27)30)14-17-10-12-18(13-11-17)22(28)25-31/h3-13,31H,14H2,1-2H3,(H,25,28). The average molecular weight is 415 g/mol. The maximum atomic E-state index is 13.6. The summed E-state index contributed by atoms with van der Waals surface area (Å²) in [6.45, 7) is 3.96. The van der Waals surface area contributed by atoms with Crippen LogP contribution >= 0.6 is 0 Å². The zero-order valence-corrected chi connectivity index (χ0v) is 17.1. The minimum Gasteiger partial charge on any atom is -0.288 e. The van der Waals surface area contributed by atoms with Gasteiger partial charge in [-0.15, -0.1) is 0 Å². The summed E-state index contributed by atoms with van der Waals surface area (Å²) in [6.07, 6.45) is 0. The molecule has 0 radical (unpaired) electrons. The molecule has 0 saturated carbocycles. The van der Waals surface area contributed by atoms with Crippen LogP contribution in [0, 0.1) is 13.8 Å². The Hall–Kier alpha value is -3.97. The van der Waals surface area contributed by atoms with E-state index in [9.17, 15) is 14.4 Å². The van der Waals surface area contributed by atoms with Gasteiger partial charge in [-0.05, 0) is 54.8 Å². The maximum Gasteiger partial charge on any atom is 0.336 e. The number of aromatic nitrogens is 2. The van der Waals surface area contributed by atoms with E-state index in [-0.39, 0.29) is 12.1 Å². The fourth-order valence-corrected chi connectivity index (χ4v) is 3.84. The van der Waals surface area contributed by atoms with E-state index in [4.69, 9.17) is 5.21 Å². The summed E-state index contributed by atoms with van der Waals surface area (Å²) in [7, 11) is 0. The van der Waals surface area contributed by atoms with Gasteiger partial charge in [0.15, 0.2) is 0 Å². The molecule has 0 aliphatic heterocycles. The molecule has 0 spiro atoms. The fraction of sp³-hybridized carbons (Fsp3) is 0.125. The second-order valence-electron chi connectivity index (χ2n) is 7.40. The van der Waals surface area contributed by atoms with Gasteiger partial charge < -0.3 is 0 Å². The number of hydrogen-bond acceptors (Lipinski definition) is 4. The molecule has 31 heavy (non-hydrogen) atoms. The molecule has 7 heteroatoms. The van der Waals surface area contributed by atoms with Gasteiger partial charge in [-0.2, -0.15) is 0 Å². The van der Waals surface area contributed by atoms with E-state index in [1.807, 2.05) is 32.0 Å². The van der Waals surface area contributed by atoms with E-state index >= 15 is 0 Å². The van der Waals surface area contributed by atoms with E-state index in [1.165, 1.54) is 4.57 Å². The number of amides is 1. The summed E-state index contributed by atoms with van der Waals surface area (Å²) in [5.41, 5.74) is 4.67. The van der Waals surface area contributed by atoms with Crippen LogP contribution in [0.3, 0.4) is 0 Å². The Balaban J connectivity index is 1.95. The smallest absolute Gasteiger partial charge is 0.288 e. The lowest BCUT2D eigenvalue weighted by Gasteiger charge is -2.17. The number of aryl methyl sites for hydroxylation is 2. The predicted octanol–water partition coefficient (Wildman–Crippen LogP) is 2.94. The van der Waals surface area contributed by atoms with Crippen LogP contribution in [0.1, 0.15) is 27.0 Å². The Morgan fingerprint density at radius 3 is 2.19 bits per heavy atom. The lowest BCUT2D eigenvalue weighted by atomic mass is 10.1. The molecule has 7 nitrogen and oxygen atoms in total. The Kier molecular flexibility index (Phi) is 5.27. The molecule has 0 aliphatic carbocycles. The van der Waals surface area contributed by atoms with E-state index < -0.39 is 11.6 Å². The van der Waals surface area contributed by atoms with Gasteiger partial charge in [0, 0.05) is 5.56 Å². The summed E-state index contributed by atoms with van der Waals surface area (Å²) in [5.74, 6) is -0.613. The summed E-state index contributed by atoms with van der Waals surface area (Å²) in [5, 5.41) is 9.23. The molecule has 4 rings (SSSR count). The Morgan fingerprint density at radius 1 is 0.903 bits per heavy atom. The summed E-state index contributed by atoms with van der Waals surface area (Å²) >= 11 is 0. The first-order valence-corrected chi connectivity index (χ1v) is 9.77. The number of hydrogen-bond donors (Lipinski definition) is 2. The normalized spacial score (nSPS) is 10.9. The second kappa shape index (κ2) is 8.04. The average Bonchev–Trinajstić information content (AvgIpc) is 2.78. The van der Waals surface area contributed by atoms with Crippen molar-refractivity contribution < 1.29 is 10.0 Å². The molecule has 3 aromatic carbocycles. The first-order chi connectivity index (χ1) is 14.9. The molecule has 0 fully saturated rings. The molecule has 0 atom stereocenters. The number of nitrogens with one attached hydrogen (secondary N) is 1. The fourth-order valence-electron chi connectivity index (χ4n) is 3.84. The van der Waals surface area contributed by atoms with Gasteiger partial charge >= 0.3 is 5.69 Å². The van der Waals surface area contributed by atoms with Crippen LogP contribution in [-0.4, -0.2) is 20.2 Å². The molecule has 4 aromatic rings. The number of benzene rings is 3. The molecule has 0 bridgehead atoms. The monoisotopic (exact) mass is 415 g/mol. The second-order valence-corrected chi connectivity index (χ2v) is 7.40. The van der Waals surface area contributed by atoms with E-state index in [1.54, 1.807) is 58.6 Å². The molecular weight excluding hydrogens is 394 g/mol. The molecular formula is C24H21N3O4. The molecule has 2 N–H and O–H groups in total. The number of hydroxylamine groups is 1. The van der Waals surface area contributed by atoms with Crippen molar-refractivity contribution in [2.24, 2.45) is 0 Å². The largest absolute Gasteiger partial charge is 0.336 e. The van der Waals surface area contributed by atoms with Crippen molar-refractivity contribution in [2.45, 2.75) is 20.4 Å². The summed E-state index contributed by atoms with van der Waals surface area (Å²) in [4.78, 5) is 38.4. The van der Waals surface area contributed by atoms with Crippen molar-refractivity contribution in [1.82, 2.24) is 14.6 Å². The van der Waals surface area contributed by atoms with E-state index in [0.29, 0.717) is 22.2 Å². The van der Waals surface area contributed by atoms with Crippen LogP contribution in [-0.2, 0) is 6.54 Å². The quantitative estimate of drug-likeness (QED) is 0.396. The van der Waals surface area contributed by atoms with Crippen molar-refractivity contribution in [3.63, 3.8) is 0 Å². The first kappa shape index (κ1) is 20.3. The number of carbonyl (C=O) groups is 1. The van der Waals surface area contributed by atoms with Crippen molar-refractivity contribution in [3.8, 4) is 5.69 Å². The Morgan fingerprint density at radius 2 is 1.55 bits per heavy atom. The minimum atomic E-state index is -0.613. The number of carbonyl (C=O) groups excluding carboxylic acids is 1. The number of fused-ring (bicyclic) bond motifs is 1. The molecule has 0 aliphatic rings. The van der Waals surface area contributed by atoms with Crippen LogP contribution in [0.5, 0.6) is 0 Å². The van der Waals surface area contributed by atoms with Crippen molar-refractivity contribution in [3.05, 3.63) is 110 Å².